The molecule has 0 bridgehead atoms. The van der Waals surface area contributed by atoms with Gasteiger partial charge in [-0.25, -0.2) is 9.37 Å². The van der Waals surface area contributed by atoms with Crippen LogP contribution in [-0.4, -0.2) is 27.9 Å². The average molecular weight is 406 g/mol. The van der Waals surface area contributed by atoms with Gasteiger partial charge in [0.2, 0.25) is 11.8 Å². The minimum atomic E-state index is -0.420. The Morgan fingerprint density at radius 2 is 1.97 bits per heavy atom. The highest BCUT2D eigenvalue weighted by molar-refractivity contribution is 6.00. The Morgan fingerprint density at radius 3 is 2.63 bits per heavy atom. The molecule has 1 aliphatic rings. The Labute approximate surface area is 174 Å². The maximum atomic E-state index is 14.5. The second-order valence-electron chi connectivity index (χ2n) is 7.59. The molecule has 6 nitrogen and oxygen atoms in total. The van der Waals surface area contributed by atoms with E-state index in [9.17, 15) is 14.0 Å². The summed E-state index contributed by atoms with van der Waals surface area (Å²) in [5.74, 6) is -0.377. The fraction of sp³-hybridized carbons (Fsp3) is 0.261. The number of carbonyl (C=O) groups excluding carboxylic acids is 2. The maximum absolute atomic E-state index is 14.5. The van der Waals surface area contributed by atoms with Crippen LogP contribution in [0.15, 0.2) is 54.9 Å². The van der Waals surface area contributed by atoms with E-state index in [2.05, 4.69) is 10.3 Å². The Bertz CT molecular complexity index is 1090. The molecule has 1 aromatic heterocycles. The number of aromatic nitrogens is 2. The monoisotopic (exact) mass is 406 g/mol. The molecule has 30 heavy (non-hydrogen) atoms. The summed E-state index contributed by atoms with van der Waals surface area (Å²) >= 11 is 0. The maximum Gasteiger partial charge on any atom is 0.227 e. The summed E-state index contributed by atoms with van der Waals surface area (Å²) in [5.41, 5.74) is 2.98. The Morgan fingerprint density at radius 1 is 1.20 bits per heavy atom. The number of aryl methyl sites for hydroxylation is 2. The number of amides is 2. The zero-order valence-corrected chi connectivity index (χ0v) is 16.9. The van der Waals surface area contributed by atoms with Gasteiger partial charge >= 0.3 is 0 Å². The van der Waals surface area contributed by atoms with Crippen LogP contribution < -0.4 is 10.2 Å². The molecule has 0 spiro atoms. The van der Waals surface area contributed by atoms with Crippen LogP contribution >= 0.6 is 0 Å². The third-order valence-electron chi connectivity index (χ3n) is 5.41. The van der Waals surface area contributed by atoms with Gasteiger partial charge in [0, 0.05) is 37.6 Å². The molecule has 1 aliphatic heterocycles. The number of imidazole rings is 1. The third kappa shape index (κ3) is 3.96. The van der Waals surface area contributed by atoms with Crippen molar-refractivity contribution in [3.8, 4) is 5.69 Å². The smallest absolute Gasteiger partial charge is 0.227 e. The van der Waals surface area contributed by atoms with Crippen molar-refractivity contribution in [2.45, 2.75) is 26.8 Å². The van der Waals surface area contributed by atoms with E-state index >= 15 is 0 Å². The Balaban J connectivity index is 1.38. The predicted molar refractivity (Wildman–Crippen MR) is 112 cm³/mol. The van der Waals surface area contributed by atoms with Crippen LogP contribution in [0, 0.1) is 25.6 Å². The lowest BCUT2D eigenvalue weighted by Gasteiger charge is -2.17. The molecule has 2 amide bonds. The number of rotatable bonds is 5. The van der Waals surface area contributed by atoms with Crippen molar-refractivity contribution < 1.29 is 14.0 Å². The molecule has 1 atom stereocenters. The van der Waals surface area contributed by atoms with Gasteiger partial charge in [-0.2, -0.15) is 0 Å². The van der Waals surface area contributed by atoms with Crippen molar-refractivity contribution in [1.29, 1.82) is 0 Å². The zero-order chi connectivity index (χ0) is 21.3. The molecular formula is C23H23FN4O2. The van der Waals surface area contributed by atoms with Gasteiger partial charge in [0.1, 0.15) is 11.6 Å². The Hall–Kier alpha value is -3.48. The molecule has 1 saturated heterocycles. The van der Waals surface area contributed by atoms with E-state index in [0.29, 0.717) is 23.6 Å². The normalized spacial score (nSPS) is 16.2. The molecule has 2 aromatic carbocycles. The summed E-state index contributed by atoms with van der Waals surface area (Å²) in [6, 6.07) is 12.5. The minimum absolute atomic E-state index is 0.0647. The highest BCUT2D eigenvalue weighted by Crippen LogP contribution is 2.25. The first-order valence-electron chi connectivity index (χ1n) is 9.86. The average Bonchev–Trinajstić information content (AvgIpc) is 3.32. The predicted octanol–water partition coefficient (Wildman–Crippen LogP) is 3.30. The van der Waals surface area contributed by atoms with E-state index in [-0.39, 0.29) is 30.6 Å². The SMILES string of the molecule is Cc1ccc(N2CC(C(=O)NCc3ccc(-n4ccnc4C)c(F)c3)CC2=O)cc1. The number of halogens is 1. The molecule has 154 valence electrons. The van der Waals surface area contributed by atoms with Crippen molar-refractivity contribution in [2.75, 3.05) is 11.4 Å². The summed E-state index contributed by atoms with van der Waals surface area (Å²) < 4.78 is 16.2. The van der Waals surface area contributed by atoms with Crippen LogP contribution in [-0.2, 0) is 16.1 Å². The van der Waals surface area contributed by atoms with E-state index in [0.717, 1.165) is 11.3 Å². The standard InChI is InChI=1S/C23H23FN4O2/c1-15-3-6-19(7-4-15)28-14-18(12-22(28)29)23(30)26-13-17-5-8-21(20(24)11-17)27-10-9-25-16(27)2/h3-11,18H,12-14H2,1-2H3,(H,26,30). The van der Waals surface area contributed by atoms with E-state index in [1.807, 2.05) is 31.2 Å². The van der Waals surface area contributed by atoms with Gasteiger partial charge in [-0.3, -0.25) is 9.59 Å². The molecule has 1 unspecified atom stereocenters. The molecule has 4 rings (SSSR count). The second-order valence-corrected chi connectivity index (χ2v) is 7.59. The summed E-state index contributed by atoms with van der Waals surface area (Å²) in [4.78, 5) is 30.7. The van der Waals surface area contributed by atoms with Crippen molar-refractivity contribution in [3.05, 3.63) is 77.6 Å². The van der Waals surface area contributed by atoms with Crippen LogP contribution in [0.2, 0.25) is 0 Å². The molecule has 1 fully saturated rings. The fourth-order valence-electron chi connectivity index (χ4n) is 3.68. The van der Waals surface area contributed by atoms with E-state index < -0.39 is 5.92 Å². The van der Waals surface area contributed by atoms with Crippen LogP contribution in [0.1, 0.15) is 23.4 Å². The summed E-state index contributed by atoms with van der Waals surface area (Å²) in [6.07, 6.45) is 3.49. The van der Waals surface area contributed by atoms with Crippen molar-refractivity contribution >= 4 is 17.5 Å². The lowest BCUT2D eigenvalue weighted by atomic mass is 10.1. The van der Waals surface area contributed by atoms with Crippen LogP contribution in [0.5, 0.6) is 0 Å². The van der Waals surface area contributed by atoms with Gasteiger partial charge < -0.3 is 14.8 Å². The molecule has 3 aromatic rings. The highest BCUT2D eigenvalue weighted by Gasteiger charge is 2.34. The number of anilines is 1. The number of nitrogens with one attached hydrogen (secondary N) is 1. The molecule has 2 heterocycles. The van der Waals surface area contributed by atoms with Crippen LogP contribution in [0.4, 0.5) is 10.1 Å². The second kappa shape index (κ2) is 8.10. The molecular weight excluding hydrogens is 383 g/mol. The van der Waals surface area contributed by atoms with Crippen molar-refractivity contribution in [3.63, 3.8) is 0 Å². The van der Waals surface area contributed by atoms with Crippen molar-refractivity contribution in [2.24, 2.45) is 5.92 Å². The van der Waals surface area contributed by atoms with Gasteiger partial charge in [0.05, 0.1) is 11.6 Å². The van der Waals surface area contributed by atoms with E-state index in [1.165, 1.54) is 6.07 Å². The molecule has 0 aliphatic carbocycles. The number of benzene rings is 2. The lowest BCUT2D eigenvalue weighted by Crippen LogP contribution is -2.32. The molecule has 7 heteroatoms. The summed E-state index contributed by atoms with van der Waals surface area (Å²) in [7, 11) is 0. The highest BCUT2D eigenvalue weighted by atomic mass is 19.1. The first-order valence-corrected chi connectivity index (χ1v) is 9.86. The molecule has 0 radical (unpaired) electrons. The van der Waals surface area contributed by atoms with Gasteiger partial charge in [-0.1, -0.05) is 23.8 Å². The first-order chi connectivity index (χ1) is 14.4. The summed E-state index contributed by atoms with van der Waals surface area (Å²) in [6.45, 7) is 4.34. The van der Waals surface area contributed by atoms with Gasteiger partial charge in [-0.15, -0.1) is 0 Å². The Kier molecular flexibility index (Phi) is 5.35. The van der Waals surface area contributed by atoms with Crippen molar-refractivity contribution in [1.82, 2.24) is 14.9 Å². The van der Waals surface area contributed by atoms with Gasteiger partial charge in [0.25, 0.3) is 0 Å². The number of hydrogen-bond acceptors (Lipinski definition) is 3. The molecule has 0 saturated carbocycles. The number of nitrogens with zero attached hydrogens (tertiary/aromatic N) is 3. The number of carbonyl (C=O) groups is 2. The molecule has 1 N–H and O–H groups in total. The fourth-order valence-corrected chi connectivity index (χ4v) is 3.68. The third-order valence-corrected chi connectivity index (χ3v) is 5.41. The van der Waals surface area contributed by atoms with E-state index in [4.69, 9.17) is 0 Å². The number of hydrogen-bond donors (Lipinski definition) is 1. The first kappa shape index (κ1) is 19.8. The topological polar surface area (TPSA) is 67.2 Å². The van der Waals surface area contributed by atoms with Crippen LogP contribution in [0.25, 0.3) is 5.69 Å². The minimum Gasteiger partial charge on any atom is -0.352 e. The largest absolute Gasteiger partial charge is 0.352 e. The van der Waals surface area contributed by atoms with Gasteiger partial charge in [-0.05, 0) is 43.7 Å². The van der Waals surface area contributed by atoms with E-state index in [1.54, 1.807) is 40.9 Å². The summed E-state index contributed by atoms with van der Waals surface area (Å²) in [5, 5.41) is 2.83. The lowest BCUT2D eigenvalue weighted by molar-refractivity contribution is -0.126. The van der Waals surface area contributed by atoms with Crippen LogP contribution in [0.3, 0.4) is 0 Å². The zero-order valence-electron chi connectivity index (χ0n) is 16.9. The quantitative estimate of drug-likeness (QED) is 0.707. The van der Waals surface area contributed by atoms with Gasteiger partial charge in [0.15, 0.2) is 0 Å².